The first-order valence-electron chi connectivity index (χ1n) is 6.77. The molecule has 0 atom stereocenters. The average molecular weight is 298 g/mol. The van der Waals surface area contributed by atoms with Crippen LogP contribution in [-0.4, -0.2) is 17.5 Å². The van der Waals surface area contributed by atoms with Crippen LogP contribution in [0.25, 0.3) is 11.1 Å². The fraction of sp³-hybridized carbons (Fsp3) is 0.125. The number of carbonyl (C=O) groups excluding carboxylic acids is 1. The van der Waals surface area contributed by atoms with E-state index in [0.717, 1.165) is 5.56 Å². The van der Waals surface area contributed by atoms with Gasteiger partial charge in [0.15, 0.2) is 12.2 Å². The van der Waals surface area contributed by atoms with Crippen molar-refractivity contribution < 1.29 is 13.9 Å². The van der Waals surface area contributed by atoms with Crippen molar-refractivity contribution in [3.05, 3.63) is 64.6 Å². The molecule has 22 heavy (non-hydrogen) atoms. The molecule has 1 amide bonds. The van der Waals surface area contributed by atoms with Crippen LogP contribution in [0.1, 0.15) is 5.56 Å². The summed E-state index contributed by atoms with van der Waals surface area (Å²) in [5.41, 5.74) is 1.96. The minimum absolute atomic E-state index is 0.0468. The first-order chi connectivity index (χ1) is 10.7. The molecule has 0 fully saturated rings. The Balaban J connectivity index is 1.54. The second-order valence-corrected chi connectivity index (χ2v) is 4.72. The fourth-order valence-electron chi connectivity index (χ4n) is 2.03. The Labute approximate surface area is 125 Å². The summed E-state index contributed by atoms with van der Waals surface area (Å²) >= 11 is 0. The maximum atomic E-state index is 11.7. The van der Waals surface area contributed by atoms with Gasteiger partial charge in [-0.1, -0.05) is 24.3 Å². The van der Waals surface area contributed by atoms with Crippen LogP contribution in [0.4, 0.5) is 0 Å². The summed E-state index contributed by atoms with van der Waals surface area (Å²) in [7, 11) is 0. The molecule has 6 nitrogen and oxygen atoms in total. The molecule has 3 rings (SSSR count). The molecule has 0 aliphatic heterocycles. The van der Waals surface area contributed by atoms with Gasteiger partial charge in [-0.2, -0.15) is 0 Å². The molecule has 112 valence electrons. The number of aromatic amines is 1. The van der Waals surface area contributed by atoms with Crippen LogP contribution in [0.2, 0.25) is 0 Å². The first kappa shape index (κ1) is 13.9. The molecule has 0 aliphatic carbocycles. The van der Waals surface area contributed by atoms with Gasteiger partial charge in [0.1, 0.15) is 5.75 Å². The number of aromatic nitrogens is 1. The lowest BCUT2D eigenvalue weighted by molar-refractivity contribution is -0.123. The lowest BCUT2D eigenvalue weighted by atomic mass is 10.2. The van der Waals surface area contributed by atoms with Crippen molar-refractivity contribution in [3.8, 4) is 5.75 Å². The second kappa shape index (κ2) is 6.17. The summed E-state index contributed by atoms with van der Waals surface area (Å²) in [5, 5.41) is 2.75. The lowest BCUT2D eigenvalue weighted by Crippen LogP contribution is -2.28. The number of H-pyrrole nitrogens is 1. The van der Waals surface area contributed by atoms with Crippen LogP contribution < -0.4 is 15.8 Å². The van der Waals surface area contributed by atoms with Crippen LogP contribution in [0.5, 0.6) is 5.75 Å². The second-order valence-electron chi connectivity index (χ2n) is 4.72. The van der Waals surface area contributed by atoms with Gasteiger partial charge in [0.25, 0.3) is 5.91 Å². The summed E-state index contributed by atoms with van der Waals surface area (Å²) in [6.45, 7) is 0.301. The van der Waals surface area contributed by atoms with Gasteiger partial charge in [-0.3, -0.25) is 9.78 Å². The molecule has 0 radical (unpaired) electrons. The Morgan fingerprint density at radius 1 is 1.18 bits per heavy atom. The van der Waals surface area contributed by atoms with Crippen LogP contribution in [0, 0.1) is 0 Å². The number of para-hydroxylation sites is 1. The highest BCUT2D eigenvalue weighted by Crippen LogP contribution is 2.12. The largest absolute Gasteiger partial charge is 0.484 e. The molecule has 0 aliphatic rings. The van der Waals surface area contributed by atoms with Crippen molar-refractivity contribution in [2.45, 2.75) is 6.54 Å². The van der Waals surface area contributed by atoms with Gasteiger partial charge in [0.2, 0.25) is 0 Å². The molecule has 0 saturated heterocycles. The predicted molar refractivity (Wildman–Crippen MR) is 80.6 cm³/mol. The molecular formula is C16H14N2O4. The van der Waals surface area contributed by atoms with Crippen LogP contribution in [0.15, 0.2) is 57.7 Å². The molecule has 6 heteroatoms. The Bertz CT molecular complexity index is 836. The Morgan fingerprint density at radius 2 is 2.00 bits per heavy atom. The summed E-state index contributed by atoms with van der Waals surface area (Å²) in [5.74, 6) is -0.0628. The summed E-state index contributed by atoms with van der Waals surface area (Å²) in [6, 6.07) is 14.4. The third-order valence-electron chi connectivity index (χ3n) is 3.09. The zero-order valence-corrected chi connectivity index (χ0v) is 11.7. The number of benzene rings is 2. The molecule has 1 aromatic heterocycles. The third-order valence-corrected chi connectivity index (χ3v) is 3.09. The van der Waals surface area contributed by atoms with Gasteiger partial charge in [-0.25, -0.2) is 4.79 Å². The van der Waals surface area contributed by atoms with Gasteiger partial charge in [0.05, 0.1) is 5.52 Å². The summed E-state index contributed by atoms with van der Waals surface area (Å²) < 4.78 is 10.3. The van der Waals surface area contributed by atoms with Crippen LogP contribution >= 0.6 is 0 Å². The molecular weight excluding hydrogens is 284 g/mol. The number of rotatable bonds is 5. The summed E-state index contributed by atoms with van der Waals surface area (Å²) in [4.78, 5) is 25.4. The molecule has 0 unspecified atom stereocenters. The van der Waals surface area contributed by atoms with E-state index in [4.69, 9.17) is 9.15 Å². The zero-order valence-electron chi connectivity index (χ0n) is 11.7. The number of fused-ring (bicyclic) bond motifs is 1. The average Bonchev–Trinajstić information content (AvgIpc) is 2.91. The van der Waals surface area contributed by atoms with Crippen molar-refractivity contribution in [1.29, 1.82) is 0 Å². The number of ether oxygens (including phenoxy) is 1. The van der Waals surface area contributed by atoms with E-state index < -0.39 is 5.76 Å². The van der Waals surface area contributed by atoms with Crippen molar-refractivity contribution in [2.24, 2.45) is 0 Å². The molecule has 3 aromatic rings. The molecule has 0 spiro atoms. The number of hydrogen-bond acceptors (Lipinski definition) is 4. The van der Waals surface area contributed by atoms with Crippen LogP contribution in [0.3, 0.4) is 0 Å². The van der Waals surface area contributed by atoms with Gasteiger partial charge in [-0.15, -0.1) is 0 Å². The van der Waals surface area contributed by atoms with Gasteiger partial charge in [-0.05, 0) is 29.8 Å². The van der Waals surface area contributed by atoms with Gasteiger partial charge < -0.3 is 14.5 Å². The molecule has 1 heterocycles. The quantitative estimate of drug-likeness (QED) is 0.752. The van der Waals surface area contributed by atoms with E-state index in [9.17, 15) is 9.59 Å². The zero-order chi connectivity index (χ0) is 15.4. The Hall–Kier alpha value is -3.02. The standard InChI is InChI=1S/C16H14N2O4/c19-15(10-21-12-4-2-1-3-5-12)17-9-11-6-7-14-13(8-11)18-16(20)22-14/h1-8H,9-10H2,(H,17,19)(H,18,20). The first-order valence-corrected chi connectivity index (χ1v) is 6.77. The predicted octanol–water partition coefficient (Wildman–Crippen LogP) is 1.82. The highest BCUT2D eigenvalue weighted by atomic mass is 16.5. The van der Waals surface area contributed by atoms with E-state index in [1.54, 1.807) is 30.3 Å². The molecule has 0 saturated carbocycles. The molecule has 2 N–H and O–H groups in total. The number of hydrogen-bond donors (Lipinski definition) is 2. The Morgan fingerprint density at radius 3 is 2.82 bits per heavy atom. The van der Waals surface area contributed by atoms with Crippen LogP contribution in [-0.2, 0) is 11.3 Å². The van der Waals surface area contributed by atoms with Crippen molar-refractivity contribution in [2.75, 3.05) is 6.61 Å². The SMILES string of the molecule is O=C(COc1ccccc1)NCc1ccc2oc(=O)[nH]c2c1. The van der Waals surface area contributed by atoms with E-state index in [1.807, 2.05) is 18.2 Å². The van der Waals surface area contributed by atoms with E-state index in [1.165, 1.54) is 0 Å². The third kappa shape index (κ3) is 3.35. The normalized spacial score (nSPS) is 10.5. The topological polar surface area (TPSA) is 84.3 Å². The number of carbonyl (C=O) groups is 1. The number of amides is 1. The van der Waals surface area contributed by atoms with Crippen molar-refractivity contribution in [1.82, 2.24) is 10.3 Å². The van der Waals surface area contributed by atoms with E-state index in [0.29, 0.717) is 23.4 Å². The highest BCUT2D eigenvalue weighted by Gasteiger charge is 2.05. The summed E-state index contributed by atoms with van der Waals surface area (Å²) in [6.07, 6.45) is 0. The van der Waals surface area contributed by atoms with Crippen molar-refractivity contribution in [3.63, 3.8) is 0 Å². The smallest absolute Gasteiger partial charge is 0.417 e. The number of nitrogens with one attached hydrogen (secondary N) is 2. The minimum atomic E-state index is -0.493. The van der Waals surface area contributed by atoms with E-state index >= 15 is 0 Å². The van der Waals surface area contributed by atoms with E-state index in [2.05, 4.69) is 10.3 Å². The molecule has 2 aromatic carbocycles. The van der Waals surface area contributed by atoms with Gasteiger partial charge in [0, 0.05) is 6.54 Å². The molecule has 0 bridgehead atoms. The highest BCUT2D eigenvalue weighted by molar-refractivity contribution is 5.78. The van der Waals surface area contributed by atoms with Crippen molar-refractivity contribution >= 4 is 17.0 Å². The lowest BCUT2D eigenvalue weighted by Gasteiger charge is -2.07. The maximum Gasteiger partial charge on any atom is 0.417 e. The maximum absolute atomic E-state index is 11.7. The number of oxazole rings is 1. The van der Waals surface area contributed by atoms with E-state index in [-0.39, 0.29) is 12.5 Å². The Kier molecular flexibility index (Phi) is 3.91. The monoisotopic (exact) mass is 298 g/mol. The fourth-order valence-corrected chi connectivity index (χ4v) is 2.03. The minimum Gasteiger partial charge on any atom is -0.484 e. The van der Waals surface area contributed by atoms with Gasteiger partial charge >= 0.3 is 5.76 Å².